The van der Waals surface area contributed by atoms with Crippen molar-refractivity contribution in [1.82, 2.24) is 0 Å². The highest BCUT2D eigenvalue weighted by molar-refractivity contribution is 5.13. The van der Waals surface area contributed by atoms with Crippen molar-refractivity contribution in [2.45, 2.75) is 32.3 Å². The summed E-state index contributed by atoms with van der Waals surface area (Å²) in [7, 11) is 0. The van der Waals surface area contributed by atoms with Gasteiger partial charge in [0.05, 0.1) is 6.61 Å². The molecule has 0 heterocycles. The van der Waals surface area contributed by atoms with Crippen LogP contribution in [0, 0.1) is 12.3 Å². The first-order valence-corrected chi connectivity index (χ1v) is 5.48. The van der Waals surface area contributed by atoms with Crippen molar-refractivity contribution in [3.05, 3.63) is 35.9 Å². The number of terminal acetylenes is 1. The molecule has 0 unspecified atom stereocenters. The molecular weight excluding hydrogens is 184 g/mol. The Labute approximate surface area is 92.5 Å². The second-order valence-electron chi connectivity index (χ2n) is 3.55. The molecule has 1 nitrogen and oxygen atoms in total. The molecule has 0 N–H and O–H groups in total. The summed E-state index contributed by atoms with van der Waals surface area (Å²) in [5, 5.41) is 0. The first kappa shape index (κ1) is 11.8. The molecular formula is C14H18O. The Morgan fingerprint density at radius 2 is 1.87 bits per heavy atom. The van der Waals surface area contributed by atoms with Crippen LogP contribution in [0.1, 0.15) is 31.2 Å². The van der Waals surface area contributed by atoms with Gasteiger partial charge in [0, 0.05) is 13.0 Å². The van der Waals surface area contributed by atoms with E-state index in [0.29, 0.717) is 0 Å². The quantitative estimate of drug-likeness (QED) is 0.486. The highest BCUT2D eigenvalue weighted by atomic mass is 16.5. The zero-order chi connectivity index (χ0) is 10.8. The lowest BCUT2D eigenvalue weighted by Gasteiger charge is -2.03. The number of ether oxygens (including phenoxy) is 1. The van der Waals surface area contributed by atoms with Crippen molar-refractivity contribution < 1.29 is 4.74 Å². The number of hydrogen-bond donors (Lipinski definition) is 0. The smallest absolute Gasteiger partial charge is 0.0716 e. The highest BCUT2D eigenvalue weighted by Crippen LogP contribution is 2.03. The summed E-state index contributed by atoms with van der Waals surface area (Å²) in [6.07, 6.45) is 9.44. The van der Waals surface area contributed by atoms with Crippen molar-refractivity contribution in [2.75, 3.05) is 6.61 Å². The van der Waals surface area contributed by atoms with E-state index in [1.54, 1.807) is 0 Å². The molecule has 0 aliphatic rings. The van der Waals surface area contributed by atoms with Gasteiger partial charge in [0.25, 0.3) is 0 Å². The van der Waals surface area contributed by atoms with Gasteiger partial charge in [-0.2, -0.15) is 0 Å². The Morgan fingerprint density at radius 3 is 2.60 bits per heavy atom. The highest BCUT2D eigenvalue weighted by Gasteiger charge is 1.92. The Balaban J connectivity index is 1.96. The predicted octanol–water partition coefficient (Wildman–Crippen LogP) is 3.40. The number of benzene rings is 1. The summed E-state index contributed by atoms with van der Waals surface area (Å²) in [4.78, 5) is 0. The second kappa shape index (κ2) is 8.08. The summed E-state index contributed by atoms with van der Waals surface area (Å²) in [6.45, 7) is 1.55. The van der Waals surface area contributed by atoms with Crippen LogP contribution in [0.2, 0.25) is 0 Å². The van der Waals surface area contributed by atoms with Crippen LogP contribution in [0.4, 0.5) is 0 Å². The van der Waals surface area contributed by atoms with Crippen molar-refractivity contribution in [2.24, 2.45) is 0 Å². The van der Waals surface area contributed by atoms with Crippen molar-refractivity contribution in [3.63, 3.8) is 0 Å². The average molecular weight is 202 g/mol. The SMILES string of the molecule is C#CCCCCCOCc1ccccc1. The molecule has 1 aromatic carbocycles. The van der Waals surface area contributed by atoms with Gasteiger partial charge in [0.1, 0.15) is 0 Å². The van der Waals surface area contributed by atoms with E-state index < -0.39 is 0 Å². The molecule has 0 fully saturated rings. The summed E-state index contributed by atoms with van der Waals surface area (Å²) < 4.78 is 5.55. The maximum Gasteiger partial charge on any atom is 0.0716 e. The first-order chi connectivity index (χ1) is 7.43. The van der Waals surface area contributed by atoms with Crippen molar-refractivity contribution in [1.29, 1.82) is 0 Å². The van der Waals surface area contributed by atoms with E-state index in [-0.39, 0.29) is 0 Å². The molecule has 1 rings (SSSR count). The minimum atomic E-state index is 0.718. The van der Waals surface area contributed by atoms with Gasteiger partial charge in [-0.25, -0.2) is 0 Å². The molecule has 0 saturated heterocycles. The van der Waals surface area contributed by atoms with Gasteiger partial charge < -0.3 is 4.74 Å². The summed E-state index contributed by atoms with van der Waals surface area (Å²) in [5.74, 6) is 2.64. The summed E-state index contributed by atoms with van der Waals surface area (Å²) >= 11 is 0. The van der Waals surface area contributed by atoms with E-state index in [9.17, 15) is 0 Å². The van der Waals surface area contributed by atoms with Gasteiger partial charge in [-0.3, -0.25) is 0 Å². The number of hydrogen-bond acceptors (Lipinski definition) is 1. The monoisotopic (exact) mass is 202 g/mol. The normalized spacial score (nSPS) is 9.80. The zero-order valence-corrected chi connectivity index (χ0v) is 9.11. The standard InChI is InChI=1S/C14H18O/c1-2-3-4-5-9-12-15-13-14-10-7-6-8-11-14/h1,6-8,10-11H,3-5,9,12-13H2. The van der Waals surface area contributed by atoms with E-state index in [4.69, 9.17) is 11.2 Å². The molecule has 0 atom stereocenters. The van der Waals surface area contributed by atoms with E-state index in [1.807, 2.05) is 18.2 Å². The third kappa shape index (κ3) is 5.93. The van der Waals surface area contributed by atoms with E-state index in [2.05, 4.69) is 18.1 Å². The number of unbranched alkanes of at least 4 members (excludes halogenated alkanes) is 3. The van der Waals surface area contributed by atoms with Gasteiger partial charge in [-0.05, 0) is 18.4 Å². The Hall–Kier alpha value is -1.26. The van der Waals surface area contributed by atoms with Crippen LogP contribution in [0.25, 0.3) is 0 Å². The molecule has 1 heteroatoms. The fraction of sp³-hybridized carbons (Fsp3) is 0.429. The molecule has 15 heavy (non-hydrogen) atoms. The van der Waals surface area contributed by atoms with Crippen LogP contribution in [-0.2, 0) is 11.3 Å². The predicted molar refractivity (Wildman–Crippen MR) is 63.4 cm³/mol. The summed E-state index contributed by atoms with van der Waals surface area (Å²) in [5.41, 5.74) is 1.24. The largest absolute Gasteiger partial charge is 0.377 e. The molecule has 0 amide bonds. The lowest BCUT2D eigenvalue weighted by atomic mass is 10.2. The maximum absolute atomic E-state index is 5.55. The average Bonchev–Trinajstić information content (AvgIpc) is 2.29. The topological polar surface area (TPSA) is 9.23 Å². The molecule has 1 aromatic rings. The van der Waals surface area contributed by atoms with Crippen molar-refractivity contribution >= 4 is 0 Å². The minimum Gasteiger partial charge on any atom is -0.377 e. The maximum atomic E-state index is 5.55. The molecule has 0 spiro atoms. The lowest BCUT2D eigenvalue weighted by molar-refractivity contribution is 0.117. The molecule has 0 aliphatic heterocycles. The van der Waals surface area contributed by atoms with Crippen LogP contribution < -0.4 is 0 Å². The molecule has 0 aliphatic carbocycles. The van der Waals surface area contributed by atoms with Gasteiger partial charge in [-0.1, -0.05) is 36.8 Å². The van der Waals surface area contributed by atoms with Crippen LogP contribution in [0.3, 0.4) is 0 Å². The molecule has 0 radical (unpaired) electrons. The van der Waals surface area contributed by atoms with Gasteiger partial charge in [-0.15, -0.1) is 12.3 Å². The minimum absolute atomic E-state index is 0.718. The van der Waals surface area contributed by atoms with Gasteiger partial charge >= 0.3 is 0 Å². The molecule has 0 bridgehead atoms. The van der Waals surface area contributed by atoms with Crippen LogP contribution in [0.5, 0.6) is 0 Å². The number of rotatable bonds is 7. The van der Waals surface area contributed by atoms with Crippen LogP contribution in [0.15, 0.2) is 30.3 Å². The fourth-order valence-electron chi connectivity index (χ4n) is 1.37. The molecule has 0 aromatic heterocycles. The van der Waals surface area contributed by atoms with Gasteiger partial charge in [0.2, 0.25) is 0 Å². The van der Waals surface area contributed by atoms with E-state index in [1.165, 1.54) is 12.0 Å². The van der Waals surface area contributed by atoms with Crippen LogP contribution >= 0.6 is 0 Å². The molecule has 0 saturated carbocycles. The first-order valence-electron chi connectivity index (χ1n) is 5.48. The van der Waals surface area contributed by atoms with Crippen LogP contribution in [-0.4, -0.2) is 6.61 Å². The fourth-order valence-corrected chi connectivity index (χ4v) is 1.37. The van der Waals surface area contributed by atoms with Gasteiger partial charge in [0.15, 0.2) is 0 Å². The third-order valence-electron chi connectivity index (χ3n) is 2.22. The molecule has 80 valence electrons. The van der Waals surface area contributed by atoms with E-state index in [0.717, 1.165) is 32.5 Å². The summed E-state index contributed by atoms with van der Waals surface area (Å²) in [6, 6.07) is 10.2. The Bertz CT molecular complexity index is 284. The zero-order valence-electron chi connectivity index (χ0n) is 9.11. The second-order valence-corrected chi connectivity index (χ2v) is 3.55. The van der Waals surface area contributed by atoms with Crippen molar-refractivity contribution in [3.8, 4) is 12.3 Å². The third-order valence-corrected chi connectivity index (χ3v) is 2.22. The Kier molecular flexibility index (Phi) is 6.36. The Morgan fingerprint density at radius 1 is 1.07 bits per heavy atom. The van der Waals surface area contributed by atoms with E-state index >= 15 is 0 Å². The lowest BCUT2D eigenvalue weighted by Crippen LogP contribution is -1.95.